The van der Waals surface area contributed by atoms with Gasteiger partial charge in [-0.05, 0) is 48.3 Å². The van der Waals surface area contributed by atoms with Crippen molar-refractivity contribution in [3.05, 3.63) is 22.3 Å². The van der Waals surface area contributed by atoms with E-state index in [0.717, 1.165) is 35.6 Å². The molecule has 3 nitrogen and oxygen atoms in total. The van der Waals surface area contributed by atoms with Gasteiger partial charge in [-0.1, -0.05) is 0 Å². The molecule has 1 aromatic heterocycles. The Kier molecular flexibility index (Phi) is 3.82. The Morgan fingerprint density at radius 2 is 2.38 bits per heavy atom. The van der Waals surface area contributed by atoms with Crippen LogP contribution in [0.4, 0.5) is 5.82 Å². The summed E-state index contributed by atoms with van der Waals surface area (Å²) < 4.78 is 6.44. The molecule has 2 atom stereocenters. The highest BCUT2D eigenvalue weighted by molar-refractivity contribution is 9.10. The third-order valence-electron chi connectivity index (χ3n) is 3.07. The van der Waals surface area contributed by atoms with Crippen LogP contribution in [0.2, 0.25) is 0 Å². The Bertz CT molecular complexity index is 364. The van der Waals surface area contributed by atoms with E-state index in [1.54, 1.807) is 0 Å². The van der Waals surface area contributed by atoms with Gasteiger partial charge in [0.25, 0.3) is 0 Å². The first-order valence-corrected chi connectivity index (χ1v) is 6.43. The predicted octanol–water partition coefficient (Wildman–Crippen LogP) is 2.99. The number of nitrogens with one attached hydrogen (secondary N) is 1. The molecule has 2 unspecified atom stereocenters. The molecule has 0 radical (unpaired) electrons. The summed E-state index contributed by atoms with van der Waals surface area (Å²) in [4.78, 5) is 4.49. The molecular weight excluding hydrogens is 268 g/mol. The minimum absolute atomic E-state index is 0.413. The number of aryl methyl sites for hydroxylation is 1. The van der Waals surface area contributed by atoms with E-state index in [0.29, 0.717) is 12.0 Å². The van der Waals surface area contributed by atoms with Crippen LogP contribution in [0.1, 0.15) is 19.0 Å². The van der Waals surface area contributed by atoms with Crippen molar-refractivity contribution < 1.29 is 4.74 Å². The molecule has 1 N–H and O–H groups in total. The van der Waals surface area contributed by atoms with Crippen LogP contribution in [-0.4, -0.2) is 24.2 Å². The van der Waals surface area contributed by atoms with Crippen molar-refractivity contribution in [1.29, 1.82) is 0 Å². The number of anilines is 1. The number of ether oxygens (including phenoxy) is 1. The zero-order valence-corrected chi connectivity index (χ0v) is 11.3. The van der Waals surface area contributed by atoms with Gasteiger partial charge < -0.3 is 10.1 Å². The number of nitrogens with zero attached hydrogens (tertiary/aromatic N) is 1. The Balaban J connectivity index is 1.99. The summed E-state index contributed by atoms with van der Waals surface area (Å²) in [5, 5.41) is 3.44. The topological polar surface area (TPSA) is 34.2 Å². The van der Waals surface area contributed by atoms with Crippen LogP contribution in [0.15, 0.2) is 16.6 Å². The lowest BCUT2D eigenvalue weighted by Crippen LogP contribution is -2.26. The Labute approximate surface area is 105 Å². The fourth-order valence-corrected chi connectivity index (χ4v) is 2.14. The summed E-state index contributed by atoms with van der Waals surface area (Å²) in [6.07, 6.45) is 1.14. The minimum atomic E-state index is 0.413. The van der Waals surface area contributed by atoms with Crippen LogP contribution in [0, 0.1) is 12.8 Å². The van der Waals surface area contributed by atoms with Gasteiger partial charge in [-0.25, -0.2) is 4.98 Å². The van der Waals surface area contributed by atoms with Crippen LogP contribution in [0.3, 0.4) is 0 Å². The third-order valence-corrected chi connectivity index (χ3v) is 3.91. The quantitative estimate of drug-likeness (QED) is 0.927. The SMILES string of the molecule is Cc1nc(NC(C)C2CCOC2)ccc1Br. The van der Waals surface area contributed by atoms with Crippen molar-refractivity contribution in [3.8, 4) is 0 Å². The maximum atomic E-state index is 5.39. The van der Waals surface area contributed by atoms with Crippen LogP contribution >= 0.6 is 15.9 Å². The minimum Gasteiger partial charge on any atom is -0.381 e. The molecule has 2 heterocycles. The summed E-state index contributed by atoms with van der Waals surface area (Å²) in [5.74, 6) is 1.55. The number of hydrogen-bond acceptors (Lipinski definition) is 3. The molecule has 1 aliphatic heterocycles. The highest BCUT2D eigenvalue weighted by Gasteiger charge is 2.22. The molecule has 0 spiro atoms. The van der Waals surface area contributed by atoms with Gasteiger partial charge in [-0.2, -0.15) is 0 Å². The first kappa shape index (κ1) is 11.9. The summed E-state index contributed by atoms with van der Waals surface area (Å²) in [6.45, 7) is 5.95. The molecule has 0 bridgehead atoms. The van der Waals surface area contributed by atoms with Crippen molar-refractivity contribution >= 4 is 21.7 Å². The summed E-state index contributed by atoms with van der Waals surface area (Å²) in [5.41, 5.74) is 1.01. The molecule has 2 rings (SSSR count). The lowest BCUT2D eigenvalue weighted by molar-refractivity contribution is 0.183. The average molecular weight is 285 g/mol. The van der Waals surface area contributed by atoms with E-state index in [2.05, 4.69) is 33.2 Å². The lowest BCUT2D eigenvalue weighted by atomic mass is 10.0. The van der Waals surface area contributed by atoms with Gasteiger partial charge >= 0.3 is 0 Å². The van der Waals surface area contributed by atoms with Gasteiger partial charge in [-0.3, -0.25) is 0 Å². The van der Waals surface area contributed by atoms with Crippen molar-refractivity contribution in [1.82, 2.24) is 4.98 Å². The van der Waals surface area contributed by atoms with Crippen LogP contribution in [0.5, 0.6) is 0 Å². The second-order valence-corrected chi connectivity index (χ2v) is 5.17. The van der Waals surface area contributed by atoms with Crippen LogP contribution in [0.25, 0.3) is 0 Å². The van der Waals surface area contributed by atoms with Gasteiger partial charge in [0.15, 0.2) is 0 Å². The van der Waals surface area contributed by atoms with Crippen LogP contribution in [-0.2, 0) is 4.74 Å². The second-order valence-electron chi connectivity index (χ2n) is 4.32. The largest absolute Gasteiger partial charge is 0.381 e. The van der Waals surface area contributed by atoms with E-state index in [4.69, 9.17) is 4.74 Å². The fourth-order valence-electron chi connectivity index (χ4n) is 1.92. The molecule has 16 heavy (non-hydrogen) atoms. The first-order chi connectivity index (χ1) is 7.66. The van der Waals surface area contributed by atoms with E-state index in [-0.39, 0.29) is 0 Å². The molecule has 1 aliphatic rings. The van der Waals surface area contributed by atoms with Crippen molar-refractivity contribution in [3.63, 3.8) is 0 Å². The molecule has 1 fully saturated rings. The fraction of sp³-hybridized carbons (Fsp3) is 0.583. The van der Waals surface area contributed by atoms with Gasteiger partial charge in [-0.15, -0.1) is 0 Å². The number of aromatic nitrogens is 1. The summed E-state index contributed by atoms with van der Waals surface area (Å²) in [6, 6.07) is 4.45. The molecule has 0 aromatic carbocycles. The smallest absolute Gasteiger partial charge is 0.126 e. The summed E-state index contributed by atoms with van der Waals surface area (Å²) >= 11 is 3.45. The Hall–Kier alpha value is -0.610. The Morgan fingerprint density at radius 3 is 3.00 bits per heavy atom. The third kappa shape index (κ3) is 2.74. The lowest BCUT2D eigenvalue weighted by Gasteiger charge is -2.20. The van der Waals surface area contributed by atoms with E-state index < -0.39 is 0 Å². The molecule has 88 valence electrons. The Morgan fingerprint density at radius 1 is 1.56 bits per heavy atom. The number of halogens is 1. The zero-order valence-electron chi connectivity index (χ0n) is 9.66. The first-order valence-electron chi connectivity index (χ1n) is 5.64. The van der Waals surface area contributed by atoms with Gasteiger partial charge in [0.1, 0.15) is 5.82 Å². The molecule has 4 heteroatoms. The molecule has 0 aliphatic carbocycles. The summed E-state index contributed by atoms with van der Waals surface area (Å²) in [7, 11) is 0. The number of pyridine rings is 1. The van der Waals surface area contributed by atoms with Gasteiger partial charge in [0, 0.05) is 23.0 Å². The van der Waals surface area contributed by atoms with E-state index in [9.17, 15) is 0 Å². The molecule has 0 saturated carbocycles. The number of hydrogen-bond donors (Lipinski definition) is 1. The van der Waals surface area contributed by atoms with E-state index in [1.165, 1.54) is 0 Å². The van der Waals surface area contributed by atoms with Gasteiger partial charge in [0.2, 0.25) is 0 Å². The predicted molar refractivity (Wildman–Crippen MR) is 68.7 cm³/mol. The second kappa shape index (κ2) is 5.15. The van der Waals surface area contributed by atoms with Crippen LogP contribution < -0.4 is 5.32 Å². The standard InChI is InChI=1S/C12H17BrN2O/c1-8(10-5-6-16-7-10)14-12-4-3-11(13)9(2)15-12/h3-4,8,10H,5-7H2,1-2H3,(H,14,15). The molecule has 0 amide bonds. The van der Waals surface area contributed by atoms with Crippen molar-refractivity contribution in [2.24, 2.45) is 5.92 Å². The zero-order chi connectivity index (χ0) is 11.5. The maximum absolute atomic E-state index is 5.39. The maximum Gasteiger partial charge on any atom is 0.126 e. The van der Waals surface area contributed by atoms with Gasteiger partial charge in [0.05, 0.1) is 12.3 Å². The van der Waals surface area contributed by atoms with Crippen molar-refractivity contribution in [2.75, 3.05) is 18.5 Å². The van der Waals surface area contributed by atoms with Crippen molar-refractivity contribution in [2.45, 2.75) is 26.3 Å². The highest BCUT2D eigenvalue weighted by atomic mass is 79.9. The molecule has 1 saturated heterocycles. The normalized spacial score (nSPS) is 22.1. The monoisotopic (exact) mass is 284 g/mol. The number of rotatable bonds is 3. The molecule has 1 aromatic rings. The van der Waals surface area contributed by atoms with E-state index >= 15 is 0 Å². The average Bonchev–Trinajstić information content (AvgIpc) is 2.77. The van der Waals surface area contributed by atoms with E-state index in [1.807, 2.05) is 19.1 Å². The molecular formula is C12H17BrN2O. The highest BCUT2D eigenvalue weighted by Crippen LogP contribution is 2.21.